The molecule has 2 aliphatic heterocycles. The van der Waals surface area contributed by atoms with Crippen molar-refractivity contribution in [2.45, 2.75) is 25.3 Å². The second-order valence-electron chi connectivity index (χ2n) is 5.58. The Hall–Kier alpha value is -1.83. The van der Waals surface area contributed by atoms with Gasteiger partial charge in [-0.3, -0.25) is 4.79 Å². The SMILES string of the molecule is O=C1NCCCCC1NC(=O)N1CCN(c2nccs2)CC1. The van der Waals surface area contributed by atoms with E-state index in [-0.39, 0.29) is 11.9 Å². The number of thiazole rings is 1. The van der Waals surface area contributed by atoms with Crippen molar-refractivity contribution < 1.29 is 9.59 Å². The van der Waals surface area contributed by atoms with Gasteiger partial charge in [-0.1, -0.05) is 0 Å². The van der Waals surface area contributed by atoms with Crippen LogP contribution in [0.15, 0.2) is 11.6 Å². The Labute approximate surface area is 133 Å². The standard InChI is InChI=1S/C14H21N5O2S/c20-12-11(3-1-2-4-15-12)17-13(21)18-6-8-19(9-7-18)14-16-5-10-22-14/h5,10-11H,1-4,6-9H2,(H,15,20)(H,17,21). The number of anilines is 1. The summed E-state index contributed by atoms with van der Waals surface area (Å²) in [4.78, 5) is 32.5. The van der Waals surface area contributed by atoms with Crippen LogP contribution in [0.2, 0.25) is 0 Å². The van der Waals surface area contributed by atoms with Crippen LogP contribution in [0.25, 0.3) is 0 Å². The predicted molar refractivity (Wildman–Crippen MR) is 85.1 cm³/mol. The first kappa shape index (κ1) is 15.1. The van der Waals surface area contributed by atoms with Crippen molar-refractivity contribution in [3.05, 3.63) is 11.6 Å². The molecule has 2 aliphatic rings. The van der Waals surface area contributed by atoms with Gasteiger partial charge in [0, 0.05) is 44.3 Å². The molecule has 120 valence electrons. The van der Waals surface area contributed by atoms with Crippen LogP contribution in [-0.4, -0.2) is 60.6 Å². The molecule has 1 aromatic rings. The summed E-state index contributed by atoms with van der Waals surface area (Å²) < 4.78 is 0. The molecule has 0 spiro atoms. The van der Waals surface area contributed by atoms with Gasteiger partial charge < -0.3 is 20.4 Å². The van der Waals surface area contributed by atoms with E-state index in [2.05, 4.69) is 20.5 Å². The fourth-order valence-electron chi connectivity index (χ4n) is 2.79. The van der Waals surface area contributed by atoms with Crippen LogP contribution >= 0.6 is 11.3 Å². The van der Waals surface area contributed by atoms with Gasteiger partial charge in [0.2, 0.25) is 5.91 Å². The maximum atomic E-state index is 12.3. The monoisotopic (exact) mass is 323 g/mol. The number of rotatable bonds is 2. The topological polar surface area (TPSA) is 77.6 Å². The van der Waals surface area contributed by atoms with Gasteiger partial charge in [-0.05, 0) is 19.3 Å². The summed E-state index contributed by atoms with van der Waals surface area (Å²) in [5, 5.41) is 8.67. The van der Waals surface area contributed by atoms with Crippen molar-refractivity contribution in [1.82, 2.24) is 20.5 Å². The highest BCUT2D eigenvalue weighted by atomic mass is 32.1. The molecule has 3 amide bonds. The highest BCUT2D eigenvalue weighted by Gasteiger charge is 2.27. The molecule has 7 nitrogen and oxygen atoms in total. The molecule has 3 rings (SSSR count). The summed E-state index contributed by atoms with van der Waals surface area (Å²) in [5.41, 5.74) is 0. The van der Waals surface area contributed by atoms with Crippen LogP contribution in [0, 0.1) is 0 Å². The predicted octanol–water partition coefficient (Wildman–Crippen LogP) is 0.643. The summed E-state index contributed by atoms with van der Waals surface area (Å²) in [6.07, 6.45) is 4.45. The minimum Gasteiger partial charge on any atom is -0.354 e. The summed E-state index contributed by atoms with van der Waals surface area (Å²) in [5.74, 6) is -0.0627. The van der Waals surface area contributed by atoms with E-state index in [4.69, 9.17) is 0 Å². The van der Waals surface area contributed by atoms with Crippen LogP contribution in [0.3, 0.4) is 0 Å². The van der Waals surface area contributed by atoms with Crippen LogP contribution in [0.1, 0.15) is 19.3 Å². The zero-order valence-electron chi connectivity index (χ0n) is 12.5. The van der Waals surface area contributed by atoms with Gasteiger partial charge in [0.1, 0.15) is 6.04 Å². The molecular formula is C14H21N5O2S. The summed E-state index contributed by atoms with van der Waals surface area (Å²) >= 11 is 1.61. The van der Waals surface area contributed by atoms with Gasteiger partial charge in [0.25, 0.3) is 0 Å². The van der Waals surface area contributed by atoms with E-state index in [1.807, 2.05) is 5.38 Å². The number of carbonyl (C=O) groups is 2. The molecule has 1 atom stereocenters. The average molecular weight is 323 g/mol. The summed E-state index contributed by atoms with van der Waals surface area (Å²) in [7, 11) is 0. The fourth-order valence-corrected chi connectivity index (χ4v) is 3.49. The minimum atomic E-state index is -0.396. The van der Waals surface area contributed by atoms with E-state index < -0.39 is 6.04 Å². The Balaban J connectivity index is 1.50. The molecule has 2 fully saturated rings. The van der Waals surface area contributed by atoms with E-state index in [9.17, 15) is 9.59 Å². The van der Waals surface area contributed by atoms with Crippen LogP contribution in [0.5, 0.6) is 0 Å². The Bertz CT molecular complexity index is 513. The number of hydrogen-bond donors (Lipinski definition) is 2. The molecule has 3 heterocycles. The van der Waals surface area contributed by atoms with E-state index in [1.165, 1.54) is 0 Å². The first-order valence-corrected chi connectivity index (χ1v) is 8.59. The van der Waals surface area contributed by atoms with Crippen molar-refractivity contribution in [3.8, 4) is 0 Å². The molecule has 8 heteroatoms. The van der Waals surface area contributed by atoms with Crippen molar-refractivity contribution in [3.63, 3.8) is 0 Å². The molecule has 1 unspecified atom stereocenters. The highest BCUT2D eigenvalue weighted by molar-refractivity contribution is 7.13. The molecule has 0 aliphatic carbocycles. The van der Waals surface area contributed by atoms with Crippen LogP contribution in [0.4, 0.5) is 9.93 Å². The number of urea groups is 1. The van der Waals surface area contributed by atoms with Crippen LogP contribution < -0.4 is 15.5 Å². The van der Waals surface area contributed by atoms with Gasteiger partial charge in [-0.25, -0.2) is 9.78 Å². The molecule has 22 heavy (non-hydrogen) atoms. The first-order valence-electron chi connectivity index (χ1n) is 7.71. The minimum absolute atomic E-state index is 0.0627. The Morgan fingerprint density at radius 3 is 2.86 bits per heavy atom. The van der Waals surface area contributed by atoms with E-state index in [0.717, 1.165) is 37.5 Å². The van der Waals surface area contributed by atoms with Gasteiger partial charge in [0.05, 0.1) is 0 Å². The highest BCUT2D eigenvalue weighted by Crippen LogP contribution is 2.19. The zero-order valence-corrected chi connectivity index (χ0v) is 13.3. The zero-order chi connectivity index (χ0) is 15.4. The van der Waals surface area contributed by atoms with Gasteiger partial charge >= 0.3 is 6.03 Å². The molecular weight excluding hydrogens is 302 g/mol. The lowest BCUT2D eigenvalue weighted by molar-refractivity contribution is -0.122. The molecule has 0 aromatic carbocycles. The normalized spacial score (nSPS) is 22.9. The number of carbonyl (C=O) groups excluding carboxylic acids is 2. The Morgan fingerprint density at radius 2 is 2.14 bits per heavy atom. The fraction of sp³-hybridized carbons (Fsp3) is 0.643. The quantitative estimate of drug-likeness (QED) is 0.837. The molecule has 1 aromatic heterocycles. The summed E-state index contributed by atoms with van der Waals surface area (Å²) in [6, 6.07) is -0.534. The largest absolute Gasteiger partial charge is 0.354 e. The van der Waals surface area contributed by atoms with Crippen molar-refractivity contribution in [2.75, 3.05) is 37.6 Å². The van der Waals surface area contributed by atoms with Crippen LogP contribution in [-0.2, 0) is 4.79 Å². The third-order valence-corrected chi connectivity index (χ3v) is 4.92. The molecule has 0 saturated carbocycles. The molecule has 0 radical (unpaired) electrons. The lowest BCUT2D eigenvalue weighted by atomic mass is 10.1. The van der Waals surface area contributed by atoms with Gasteiger partial charge in [-0.2, -0.15) is 0 Å². The third kappa shape index (κ3) is 3.49. The van der Waals surface area contributed by atoms with E-state index in [1.54, 1.807) is 22.4 Å². The first-order chi connectivity index (χ1) is 10.7. The van der Waals surface area contributed by atoms with Crippen molar-refractivity contribution in [2.24, 2.45) is 0 Å². The second-order valence-corrected chi connectivity index (χ2v) is 6.45. The molecule has 0 bridgehead atoms. The molecule has 2 N–H and O–H groups in total. The lowest BCUT2D eigenvalue weighted by Crippen LogP contribution is -2.55. The maximum absolute atomic E-state index is 12.3. The van der Waals surface area contributed by atoms with Crippen molar-refractivity contribution in [1.29, 1.82) is 0 Å². The average Bonchev–Trinajstić information content (AvgIpc) is 3.00. The number of amides is 3. The van der Waals surface area contributed by atoms with E-state index >= 15 is 0 Å². The summed E-state index contributed by atoms with van der Waals surface area (Å²) in [6.45, 7) is 3.56. The second kappa shape index (κ2) is 6.95. The van der Waals surface area contributed by atoms with Gasteiger partial charge in [-0.15, -0.1) is 11.3 Å². The third-order valence-electron chi connectivity index (χ3n) is 4.09. The number of piperazine rings is 1. The number of nitrogens with zero attached hydrogens (tertiary/aromatic N) is 3. The number of hydrogen-bond acceptors (Lipinski definition) is 5. The smallest absolute Gasteiger partial charge is 0.318 e. The Morgan fingerprint density at radius 1 is 1.32 bits per heavy atom. The van der Waals surface area contributed by atoms with Crippen molar-refractivity contribution >= 4 is 28.4 Å². The number of nitrogens with one attached hydrogen (secondary N) is 2. The van der Waals surface area contributed by atoms with Gasteiger partial charge in [0.15, 0.2) is 5.13 Å². The Kier molecular flexibility index (Phi) is 4.77. The molecule has 2 saturated heterocycles. The maximum Gasteiger partial charge on any atom is 0.318 e. The van der Waals surface area contributed by atoms with E-state index in [0.29, 0.717) is 19.6 Å². The number of aromatic nitrogens is 1. The lowest BCUT2D eigenvalue weighted by Gasteiger charge is -2.35.